The number of hydrogen-bond acceptors (Lipinski definition) is 5. The summed E-state index contributed by atoms with van der Waals surface area (Å²) in [6, 6.07) is 35.8. The van der Waals surface area contributed by atoms with Crippen LogP contribution in [0.3, 0.4) is 0 Å². The van der Waals surface area contributed by atoms with Gasteiger partial charge in [0.15, 0.2) is 17.5 Å². The highest BCUT2D eigenvalue weighted by atomic mass is 15.0. The Morgan fingerprint density at radius 1 is 0.527 bits per heavy atom. The third-order valence-corrected chi connectivity index (χ3v) is 14.8. The van der Waals surface area contributed by atoms with Gasteiger partial charge < -0.3 is 0 Å². The molecule has 0 N–H and O–H groups in total. The van der Waals surface area contributed by atoms with Crippen LogP contribution < -0.4 is 0 Å². The summed E-state index contributed by atoms with van der Waals surface area (Å²) in [6.45, 7) is 7.61. The van der Waals surface area contributed by atoms with Crippen molar-refractivity contribution in [2.24, 2.45) is 41.4 Å². The predicted octanol–water partition coefficient (Wildman–Crippen LogP) is 11.7. The molecular weight excluding hydrogens is 671 g/mol. The molecule has 5 unspecified atom stereocenters. The maximum Gasteiger partial charge on any atom is 0.164 e. The number of hydrogen-bond donors (Lipinski definition) is 0. The molecule has 4 aromatic carbocycles. The van der Waals surface area contributed by atoms with Crippen molar-refractivity contribution in [3.05, 3.63) is 113 Å². The van der Waals surface area contributed by atoms with Gasteiger partial charge in [0.25, 0.3) is 0 Å². The molecule has 0 spiro atoms. The van der Waals surface area contributed by atoms with Crippen molar-refractivity contribution in [3.8, 4) is 57.4 Å². The Bertz CT molecular complexity index is 2270. The minimum Gasteiger partial charge on any atom is -0.208 e. The van der Waals surface area contributed by atoms with Gasteiger partial charge >= 0.3 is 0 Å². The molecule has 5 heteroatoms. The van der Waals surface area contributed by atoms with Crippen molar-refractivity contribution in [2.45, 2.75) is 89.4 Å². The van der Waals surface area contributed by atoms with Crippen LogP contribution in [0.25, 0.3) is 45.3 Å². The third-order valence-electron chi connectivity index (χ3n) is 14.8. The molecule has 274 valence electrons. The molecule has 0 radical (unpaired) electrons. The average molecular weight is 720 g/mol. The van der Waals surface area contributed by atoms with E-state index in [0.29, 0.717) is 28.6 Å². The van der Waals surface area contributed by atoms with Crippen LogP contribution in [0.2, 0.25) is 0 Å². The first-order valence-corrected chi connectivity index (χ1v) is 20.7. The molecular formula is C50H49N5. The van der Waals surface area contributed by atoms with Crippen LogP contribution in [0.15, 0.2) is 91.0 Å². The summed E-state index contributed by atoms with van der Waals surface area (Å²) in [5.41, 5.74) is 9.87. The highest BCUT2D eigenvalue weighted by Gasteiger charge is 2.59. The van der Waals surface area contributed by atoms with Gasteiger partial charge in [-0.15, -0.1) is 0 Å². The van der Waals surface area contributed by atoms with Gasteiger partial charge in [0.05, 0.1) is 23.3 Å². The van der Waals surface area contributed by atoms with Gasteiger partial charge in [0.2, 0.25) is 0 Å². The molecule has 0 aliphatic heterocycles. The molecule has 5 saturated carbocycles. The summed E-state index contributed by atoms with van der Waals surface area (Å²) in [7, 11) is 0. The molecule has 5 fully saturated rings. The van der Waals surface area contributed by atoms with Crippen molar-refractivity contribution in [1.82, 2.24) is 15.0 Å². The Labute approximate surface area is 325 Å². The summed E-state index contributed by atoms with van der Waals surface area (Å²) in [4.78, 5) is 15.0. The van der Waals surface area contributed by atoms with E-state index >= 15 is 0 Å². The van der Waals surface area contributed by atoms with Gasteiger partial charge in [-0.25, -0.2) is 15.0 Å². The Morgan fingerprint density at radius 2 is 1.05 bits per heavy atom. The first-order chi connectivity index (χ1) is 26.7. The topological polar surface area (TPSA) is 86.2 Å². The number of fused-ring (bicyclic) bond motifs is 2. The summed E-state index contributed by atoms with van der Waals surface area (Å²) in [5.74, 6) is 7.89. The Hall–Kier alpha value is -5.13. The smallest absolute Gasteiger partial charge is 0.164 e. The number of aromatic nitrogens is 3. The SMILES string of the molecule is C[C@@H]1CC2C[C@H](C)CC(c3cc(-c4cccc(-c5nc(-c6ccc(C#N)cc6)nc(-c6ccc(C#N)cc6)n5)c4)cc(C4(C)C[C@H]5CC6C[C@@H](C4)C65)c3)(C2)C1. The molecule has 0 saturated heterocycles. The second kappa shape index (κ2) is 13.0. The maximum atomic E-state index is 9.43. The van der Waals surface area contributed by atoms with Gasteiger partial charge in [-0.2, -0.15) is 10.5 Å². The van der Waals surface area contributed by atoms with Crippen molar-refractivity contribution in [1.29, 1.82) is 10.5 Å². The lowest BCUT2D eigenvalue weighted by molar-refractivity contribution is -0.141. The van der Waals surface area contributed by atoms with Gasteiger partial charge in [-0.1, -0.05) is 57.2 Å². The molecule has 2 bridgehead atoms. The fraction of sp³-hybridized carbons (Fsp3) is 0.420. The second-order valence-corrected chi connectivity index (χ2v) is 18.8. The Kier molecular flexibility index (Phi) is 8.11. The van der Waals surface area contributed by atoms with Crippen molar-refractivity contribution < 1.29 is 0 Å². The number of nitriles is 2. The molecule has 1 heterocycles. The van der Waals surface area contributed by atoms with Crippen LogP contribution in [-0.2, 0) is 10.8 Å². The quantitative estimate of drug-likeness (QED) is 0.174. The highest BCUT2D eigenvalue weighted by molar-refractivity contribution is 5.74. The van der Waals surface area contributed by atoms with Crippen LogP contribution in [0.5, 0.6) is 0 Å². The predicted molar refractivity (Wildman–Crippen MR) is 217 cm³/mol. The van der Waals surface area contributed by atoms with E-state index < -0.39 is 0 Å². The van der Waals surface area contributed by atoms with E-state index in [0.717, 1.165) is 58.1 Å². The summed E-state index contributed by atoms with van der Waals surface area (Å²) in [5, 5.41) is 18.9. The van der Waals surface area contributed by atoms with Gasteiger partial charge in [-0.05, 0) is 187 Å². The van der Waals surface area contributed by atoms with Crippen LogP contribution in [-0.4, -0.2) is 15.0 Å². The summed E-state index contributed by atoms with van der Waals surface area (Å²) >= 11 is 0. The normalized spacial score (nSPS) is 31.5. The van der Waals surface area contributed by atoms with E-state index in [1.807, 2.05) is 24.3 Å². The number of nitrogens with zero attached hydrogens (tertiary/aromatic N) is 5. The molecule has 9 atom stereocenters. The first-order valence-electron chi connectivity index (χ1n) is 20.7. The van der Waals surface area contributed by atoms with Crippen LogP contribution in [0.4, 0.5) is 0 Å². The zero-order chi connectivity index (χ0) is 37.5. The molecule has 0 amide bonds. The van der Waals surface area contributed by atoms with Crippen LogP contribution >= 0.6 is 0 Å². The third kappa shape index (κ3) is 5.99. The summed E-state index contributed by atoms with van der Waals surface area (Å²) < 4.78 is 0. The fourth-order valence-electron chi connectivity index (χ4n) is 12.7. The lowest BCUT2D eigenvalue weighted by atomic mass is 9.39. The summed E-state index contributed by atoms with van der Waals surface area (Å²) in [6.07, 6.45) is 12.2. The molecule has 1 aromatic heterocycles. The highest BCUT2D eigenvalue weighted by Crippen LogP contribution is 2.67. The van der Waals surface area contributed by atoms with Crippen molar-refractivity contribution in [2.75, 3.05) is 0 Å². The second-order valence-electron chi connectivity index (χ2n) is 18.8. The maximum absolute atomic E-state index is 9.43. The van der Waals surface area contributed by atoms with Crippen molar-refractivity contribution >= 4 is 0 Å². The zero-order valence-corrected chi connectivity index (χ0v) is 32.3. The average Bonchev–Trinajstić information content (AvgIpc) is 3.18. The molecule has 5 aliphatic carbocycles. The molecule has 5 nitrogen and oxygen atoms in total. The van der Waals surface area contributed by atoms with E-state index in [4.69, 9.17) is 15.0 Å². The van der Waals surface area contributed by atoms with E-state index in [-0.39, 0.29) is 10.8 Å². The van der Waals surface area contributed by atoms with Gasteiger partial charge in [0.1, 0.15) is 0 Å². The van der Waals surface area contributed by atoms with Crippen molar-refractivity contribution in [3.63, 3.8) is 0 Å². The van der Waals surface area contributed by atoms with Gasteiger partial charge in [-0.3, -0.25) is 0 Å². The fourth-order valence-corrected chi connectivity index (χ4v) is 12.7. The van der Waals surface area contributed by atoms with E-state index in [1.165, 1.54) is 68.9 Å². The first kappa shape index (κ1) is 34.4. The zero-order valence-electron chi connectivity index (χ0n) is 32.3. The molecule has 5 aliphatic rings. The van der Waals surface area contributed by atoms with Crippen LogP contribution in [0, 0.1) is 64.1 Å². The largest absolute Gasteiger partial charge is 0.208 e. The molecule has 5 aromatic rings. The van der Waals surface area contributed by atoms with E-state index in [1.54, 1.807) is 35.4 Å². The number of rotatable bonds is 6. The monoisotopic (exact) mass is 719 g/mol. The lowest BCUT2D eigenvalue weighted by Gasteiger charge is -2.65. The lowest BCUT2D eigenvalue weighted by Crippen LogP contribution is -2.58. The number of benzene rings is 4. The molecule has 55 heavy (non-hydrogen) atoms. The van der Waals surface area contributed by atoms with Crippen LogP contribution in [0.1, 0.15) is 101 Å². The Morgan fingerprint density at radius 3 is 1.60 bits per heavy atom. The van der Waals surface area contributed by atoms with E-state index in [2.05, 4.69) is 75.4 Å². The minimum atomic E-state index is 0.205. The van der Waals surface area contributed by atoms with E-state index in [9.17, 15) is 10.5 Å². The molecule has 10 rings (SSSR count). The van der Waals surface area contributed by atoms with Gasteiger partial charge in [0, 0.05) is 16.7 Å². The standard InChI is InChI=1S/C50H49N5/c1-30-15-34-16-31(2)24-50(23-30,25-34)44-21-39(20-43(22-44)49(3)26-41-18-40-19-42(27-49)45(40)41)37-5-4-6-38(17-37)48-54-46(35-11-7-32(28-51)8-12-35)53-47(55-48)36-13-9-33(29-52)10-14-36/h4-14,17,20-22,30-31,34,40-42,45H,15-16,18-19,23-27H2,1-3H3/t30-,31+,34?,40?,41-,42+,45?,49?,50?. The minimum absolute atomic E-state index is 0.205. The Balaban J connectivity index is 1.09.